The van der Waals surface area contributed by atoms with Gasteiger partial charge < -0.3 is 0 Å². The number of rotatable bonds is 1. The Morgan fingerprint density at radius 2 is 2.24 bits per heavy atom. The van der Waals surface area contributed by atoms with Crippen molar-refractivity contribution in [3.8, 4) is 0 Å². The van der Waals surface area contributed by atoms with Gasteiger partial charge in [0.1, 0.15) is 0 Å². The Morgan fingerprint density at radius 3 is 3.14 bits per heavy atom. The molecule has 106 valence electrons. The van der Waals surface area contributed by atoms with Gasteiger partial charge in [-0.3, -0.25) is 9.89 Å². The molecule has 2 aliphatic carbocycles. The number of amidine groups is 1. The van der Waals surface area contributed by atoms with Crippen molar-refractivity contribution in [1.29, 1.82) is 0 Å². The van der Waals surface area contributed by atoms with Gasteiger partial charge >= 0.3 is 0 Å². The van der Waals surface area contributed by atoms with Gasteiger partial charge in [0.05, 0.1) is 17.4 Å². The number of allylic oxidation sites excluding steroid dienone is 3. The second-order valence-corrected chi connectivity index (χ2v) is 6.24. The van der Waals surface area contributed by atoms with Gasteiger partial charge in [0, 0.05) is 11.5 Å². The monoisotopic (exact) mass is 294 g/mol. The fourth-order valence-electron chi connectivity index (χ4n) is 3.38. The molecule has 4 rings (SSSR count). The molecule has 0 amide bonds. The van der Waals surface area contributed by atoms with E-state index < -0.39 is 0 Å². The zero-order valence-corrected chi connectivity index (χ0v) is 12.9. The molecule has 0 fully saturated rings. The molecule has 21 heavy (non-hydrogen) atoms. The lowest BCUT2D eigenvalue weighted by molar-refractivity contribution is 0.611. The summed E-state index contributed by atoms with van der Waals surface area (Å²) in [5, 5.41) is 0.800. The number of aryl methyl sites for hydroxylation is 1. The largest absolute Gasteiger partial charge is 0.291 e. The van der Waals surface area contributed by atoms with E-state index >= 15 is 0 Å². The highest BCUT2D eigenvalue weighted by Crippen LogP contribution is 2.39. The maximum atomic E-state index is 4.76. The number of fused-ring (bicyclic) bond motifs is 2. The van der Waals surface area contributed by atoms with Crippen molar-refractivity contribution in [2.24, 2.45) is 10.9 Å². The van der Waals surface area contributed by atoms with Crippen LogP contribution in [0, 0.1) is 5.92 Å². The van der Waals surface area contributed by atoms with Crippen LogP contribution in [-0.2, 0) is 6.42 Å². The third-order valence-corrected chi connectivity index (χ3v) is 4.79. The summed E-state index contributed by atoms with van der Waals surface area (Å²) < 4.78 is 0. The minimum atomic E-state index is 0.200. The second kappa shape index (κ2) is 4.92. The average Bonchev–Trinajstić information content (AvgIpc) is 2.84. The Bertz CT molecular complexity index is 712. The first kappa shape index (κ1) is 13.0. The van der Waals surface area contributed by atoms with Crippen molar-refractivity contribution in [3.63, 3.8) is 0 Å². The van der Waals surface area contributed by atoms with Crippen LogP contribution in [0.15, 0.2) is 53.2 Å². The molecule has 3 heteroatoms. The zero-order chi connectivity index (χ0) is 14.4. The summed E-state index contributed by atoms with van der Waals surface area (Å²) in [7, 11) is 0. The van der Waals surface area contributed by atoms with Crippen LogP contribution in [0.4, 0.5) is 5.69 Å². The van der Waals surface area contributed by atoms with E-state index in [1.54, 1.807) is 0 Å². The number of hydrogen-bond donors (Lipinski definition) is 1. The summed E-state index contributed by atoms with van der Waals surface area (Å²) in [6.07, 6.45) is 13.3. The molecule has 0 bridgehead atoms. The van der Waals surface area contributed by atoms with Gasteiger partial charge in [-0.1, -0.05) is 43.4 Å². The van der Waals surface area contributed by atoms with Crippen LogP contribution in [0.3, 0.4) is 0 Å². The van der Waals surface area contributed by atoms with Gasteiger partial charge in [-0.15, -0.1) is 12.6 Å². The summed E-state index contributed by atoms with van der Waals surface area (Å²) in [5.41, 5.74) is 5.17. The number of nitrogens with zero attached hydrogens (tertiary/aromatic N) is 2. The summed E-state index contributed by atoms with van der Waals surface area (Å²) >= 11 is 4.64. The topological polar surface area (TPSA) is 15.6 Å². The van der Waals surface area contributed by atoms with E-state index in [1.165, 1.54) is 22.5 Å². The summed E-state index contributed by atoms with van der Waals surface area (Å²) in [4.78, 5) is 6.97. The number of aliphatic imine (C=N–C) groups is 1. The highest BCUT2D eigenvalue weighted by molar-refractivity contribution is 7.97. The van der Waals surface area contributed by atoms with E-state index in [1.807, 2.05) is 0 Å². The van der Waals surface area contributed by atoms with E-state index in [-0.39, 0.29) is 6.04 Å². The lowest BCUT2D eigenvalue weighted by atomic mass is 9.92. The van der Waals surface area contributed by atoms with Crippen molar-refractivity contribution < 1.29 is 0 Å². The third-order valence-electron chi connectivity index (χ3n) is 4.47. The van der Waals surface area contributed by atoms with E-state index in [0.29, 0.717) is 5.92 Å². The SMILES string of the molecule is C[C@H]1C=CC=C2C1N=C(S)N2c1cccc2c1C=CCC2. The molecule has 2 atom stereocenters. The normalized spacial score (nSPS) is 26.3. The van der Waals surface area contributed by atoms with Crippen LogP contribution in [-0.4, -0.2) is 11.2 Å². The maximum absolute atomic E-state index is 4.76. The molecule has 1 aromatic rings. The zero-order valence-electron chi connectivity index (χ0n) is 12.0. The summed E-state index contributed by atoms with van der Waals surface area (Å²) in [6.45, 7) is 2.21. The van der Waals surface area contributed by atoms with Crippen molar-refractivity contribution in [2.45, 2.75) is 25.8 Å². The molecule has 0 aromatic heterocycles. The number of hydrogen-bond acceptors (Lipinski definition) is 2. The Morgan fingerprint density at radius 1 is 1.33 bits per heavy atom. The first-order valence-electron chi connectivity index (χ1n) is 7.49. The molecule has 1 aromatic carbocycles. The predicted molar refractivity (Wildman–Crippen MR) is 92.9 cm³/mol. The van der Waals surface area contributed by atoms with Crippen molar-refractivity contribution >= 4 is 29.6 Å². The molecule has 0 spiro atoms. The van der Waals surface area contributed by atoms with Gasteiger partial charge in [0.25, 0.3) is 0 Å². The first-order valence-corrected chi connectivity index (χ1v) is 7.94. The van der Waals surface area contributed by atoms with Crippen LogP contribution in [0.5, 0.6) is 0 Å². The van der Waals surface area contributed by atoms with Gasteiger partial charge in [-0.25, -0.2) is 0 Å². The fourth-order valence-corrected chi connectivity index (χ4v) is 3.73. The molecular weight excluding hydrogens is 276 g/mol. The lowest BCUT2D eigenvalue weighted by Gasteiger charge is -2.28. The van der Waals surface area contributed by atoms with E-state index in [2.05, 4.69) is 73.0 Å². The summed E-state index contributed by atoms with van der Waals surface area (Å²) in [5.74, 6) is 0.423. The van der Waals surface area contributed by atoms with Gasteiger partial charge in [-0.05, 0) is 30.5 Å². The van der Waals surface area contributed by atoms with Gasteiger partial charge in [0.15, 0.2) is 5.17 Å². The standard InChI is InChI=1S/C18H18N2S/c1-12-6-4-11-16-17(12)19-18(21)20(16)15-10-5-8-13-7-2-3-9-14(13)15/h3-6,8-12,17H,2,7H2,1H3,(H,19,21)/t12-,17?/m0/s1. The maximum Gasteiger partial charge on any atom is 0.165 e. The van der Waals surface area contributed by atoms with Crippen LogP contribution in [0.25, 0.3) is 6.08 Å². The minimum absolute atomic E-state index is 0.200. The molecule has 0 N–H and O–H groups in total. The fraction of sp³-hybridized carbons (Fsp3) is 0.278. The Hall–Kier alpha value is -1.74. The van der Waals surface area contributed by atoms with Crippen LogP contribution < -0.4 is 4.90 Å². The van der Waals surface area contributed by atoms with E-state index in [9.17, 15) is 0 Å². The third kappa shape index (κ3) is 1.99. The Labute approximate surface area is 131 Å². The average molecular weight is 294 g/mol. The van der Waals surface area contributed by atoms with Crippen molar-refractivity contribution in [3.05, 3.63) is 59.3 Å². The molecule has 1 unspecified atom stereocenters. The Kier molecular flexibility index (Phi) is 3.03. The molecule has 3 aliphatic rings. The van der Waals surface area contributed by atoms with Gasteiger partial charge in [-0.2, -0.15) is 0 Å². The molecule has 1 heterocycles. The molecule has 0 saturated heterocycles. The minimum Gasteiger partial charge on any atom is -0.291 e. The van der Waals surface area contributed by atoms with Crippen LogP contribution in [0.1, 0.15) is 24.5 Å². The molecule has 2 nitrogen and oxygen atoms in total. The van der Waals surface area contributed by atoms with E-state index in [0.717, 1.165) is 18.0 Å². The Balaban J connectivity index is 1.85. The lowest BCUT2D eigenvalue weighted by Crippen LogP contribution is -2.28. The highest BCUT2D eigenvalue weighted by atomic mass is 32.1. The quantitative estimate of drug-likeness (QED) is 0.767. The molecule has 1 aliphatic heterocycles. The van der Waals surface area contributed by atoms with Crippen molar-refractivity contribution in [1.82, 2.24) is 0 Å². The van der Waals surface area contributed by atoms with Crippen LogP contribution >= 0.6 is 12.6 Å². The van der Waals surface area contributed by atoms with Crippen LogP contribution in [0.2, 0.25) is 0 Å². The molecule has 0 saturated carbocycles. The van der Waals surface area contributed by atoms with Gasteiger partial charge in [0.2, 0.25) is 0 Å². The number of thiol groups is 1. The van der Waals surface area contributed by atoms with E-state index in [4.69, 9.17) is 4.99 Å². The summed E-state index contributed by atoms with van der Waals surface area (Å²) in [6, 6.07) is 6.74. The number of anilines is 1. The number of benzene rings is 1. The predicted octanol–water partition coefficient (Wildman–Crippen LogP) is 4.21. The molecule has 0 radical (unpaired) electrons. The first-order chi connectivity index (χ1) is 10.3. The highest BCUT2D eigenvalue weighted by Gasteiger charge is 2.35. The second-order valence-electron chi connectivity index (χ2n) is 5.84. The smallest absolute Gasteiger partial charge is 0.165 e. The van der Waals surface area contributed by atoms with Crippen molar-refractivity contribution in [2.75, 3.05) is 4.90 Å². The molecular formula is C18H18N2S.